The Balaban J connectivity index is 1.65. The van der Waals surface area contributed by atoms with Crippen LogP contribution in [0.25, 0.3) is 11.4 Å². The van der Waals surface area contributed by atoms with Gasteiger partial charge in [-0.25, -0.2) is 19.9 Å². The second kappa shape index (κ2) is 13.1. The van der Waals surface area contributed by atoms with E-state index >= 15 is 0 Å². The number of nitrogens with zero attached hydrogens (tertiary/aromatic N) is 4. The van der Waals surface area contributed by atoms with Crippen molar-refractivity contribution in [3.05, 3.63) is 52.3 Å². The van der Waals surface area contributed by atoms with Gasteiger partial charge in [-0.05, 0) is 30.5 Å². The molecule has 13 heteroatoms. The molecule has 0 saturated heterocycles. The van der Waals surface area contributed by atoms with E-state index in [1.165, 1.54) is 24.9 Å². The molecule has 0 aliphatic rings. The highest BCUT2D eigenvalue weighted by Crippen LogP contribution is 2.22. The van der Waals surface area contributed by atoms with Crippen molar-refractivity contribution in [1.29, 1.82) is 0 Å². The number of amides is 2. The summed E-state index contributed by atoms with van der Waals surface area (Å²) in [7, 11) is 0. The number of nitrogens with one attached hydrogen (secondary N) is 4. The van der Waals surface area contributed by atoms with Crippen LogP contribution >= 0.6 is 35.0 Å². The second-order valence-corrected chi connectivity index (χ2v) is 8.73. The summed E-state index contributed by atoms with van der Waals surface area (Å²) in [6.07, 6.45) is 3.23. The third-order valence-electron chi connectivity index (χ3n) is 4.47. The van der Waals surface area contributed by atoms with Gasteiger partial charge in [0, 0.05) is 49.8 Å². The minimum atomic E-state index is -0.389. The molecule has 0 aliphatic heterocycles. The normalized spacial score (nSPS) is 10.5. The molecule has 1 aromatic carbocycles. The van der Waals surface area contributed by atoms with Gasteiger partial charge in [0.25, 0.3) is 5.91 Å². The lowest BCUT2D eigenvalue weighted by atomic mass is 10.2. The van der Waals surface area contributed by atoms with Crippen LogP contribution in [0.2, 0.25) is 10.0 Å². The maximum atomic E-state index is 12.5. The van der Waals surface area contributed by atoms with Crippen LogP contribution in [0, 0.1) is 0 Å². The maximum Gasteiger partial charge on any atom is 0.271 e. The van der Waals surface area contributed by atoms with Crippen LogP contribution in [0.3, 0.4) is 0 Å². The van der Waals surface area contributed by atoms with Gasteiger partial charge in [-0.2, -0.15) is 0 Å². The zero-order chi connectivity index (χ0) is 25.2. The van der Waals surface area contributed by atoms with E-state index in [0.29, 0.717) is 53.8 Å². The van der Waals surface area contributed by atoms with Crippen molar-refractivity contribution in [1.82, 2.24) is 30.6 Å². The molecule has 35 heavy (non-hydrogen) atoms. The van der Waals surface area contributed by atoms with Gasteiger partial charge < -0.3 is 21.3 Å². The number of carbonyl (C=O) groups is 2. The van der Waals surface area contributed by atoms with Crippen LogP contribution < -0.4 is 21.3 Å². The molecule has 2 heterocycles. The van der Waals surface area contributed by atoms with Crippen LogP contribution in [0.1, 0.15) is 17.4 Å². The zero-order valence-electron chi connectivity index (χ0n) is 19.1. The van der Waals surface area contributed by atoms with Gasteiger partial charge in [0.15, 0.2) is 16.7 Å². The number of halogens is 2. The summed E-state index contributed by atoms with van der Waals surface area (Å²) >= 11 is 13.4. The van der Waals surface area contributed by atoms with Crippen molar-refractivity contribution < 1.29 is 9.59 Å². The van der Waals surface area contributed by atoms with Crippen LogP contribution in [-0.4, -0.2) is 64.2 Å². The van der Waals surface area contributed by atoms with Gasteiger partial charge >= 0.3 is 0 Å². The fraction of sp³-hybridized carbons (Fsp3) is 0.273. The Hall–Kier alpha value is -3.15. The lowest BCUT2D eigenvalue weighted by Crippen LogP contribution is -2.30. The summed E-state index contributed by atoms with van der Waals surface area (Å²) in [6, 6.07) is 8.94. The Morgan fingerprint density at radius 1 is 0.914 bits per heavy atom. The third kappa shape index (κ3) is 8.23. The Morgan fingerprint density at radius 2 is 1.54 bits per heavy atom. The molecule has 3 rings (SSSR count). The lowest BCUT2D eigenvalue weighted by molar-refractivity contribution is -0.118. The van der Waals surface area contributed by atoms with E-state index in [1.807, 2.05) is 18.4 Å². The topological polar surface area (TPSA) is 134 Å². The number of thioether (sulfide) groups is 1. The minimum absolute atomic E-state index is 0.103. The number of carbonyl (C=O) groups excluding carboxylic acids is 2. The minimum Gasteiger partial charge on any atom is -0.368 e. The fourth-order valence-corrected chi connectivity index (χ4v) is 3.49. The van der Waals surface area contributed by atoms with Crippen LogP contribution in [0.5, 0.6) is 0 Å². The molecule has 184 valence electrons. The summed E-state index contributed by atoms with van der Waals surface area (Å²) in [4.78, 5) is 40.9. The Labute approximate surface area is 217 Å². The summed E-state index contributed by atoms with van der Waals surface area (Å²) in [5.41, 5.74) is 0.919. The molecule has 4 N–H and O–H groups in total. The highest BCUT2D eigenvalue weighted by molar-refractivity contribution is 7.98. The zero-order valence-corrected chi connectivity index (χ0v) is 21.4. The van der Waals surface area contributed by atoms with Crippen LogP contribution in [-0.2, 0) is 4.79 Å². The van der Waals surface area contributed by atoms with Gasteiger partial charge in [0.2, 0.25) is 5.91 Å². The number of aromatic nitrogens is 4. The van der Waals surface area contributed by atoms with E-state index in [2.05, 4.69) is 41.2 Å². The monoisotopic (exact) mass is 534 g/mol. The Kier molecular flexibility index (Phi) is 9.88. The number of rotatable bonds is 11. The molecular formula is C22H24Cl2N8O2S. The maximum absolute atomic E-state index is 12.5. The second-order valence-electron chi connectivity index (χ2n) is 7.11. The fourth-order valence-electron chi connectivity index (χ4n) is 2.84. The molecule has 10 nitrogen and oxygen atoms in total. The quantitative estimate of drug-likeness (QED) is 0.166. The molecule has 0 fully saturated rings. The molecule has 0 atom stereocenters. The average Bonchev–Trinajstić information content (AvgIpc) is 2.85. The summed E-state index contributed by atoms with van der Waals surface area (Å²) in [5, 5.41) is 13.1. The van der Waals surface area contributed by atoms with E-state index in [-0.39, 0.29) is 22.5 Å². The number of anilines is 2. The van der Waals surface area contributed by atoms with Gasteiger partial charge in [-0.3, -0.25) is 9.59 Å². The SMILES string of the molecule is CSc1ncc(Cl)c(C(=O)NCCNc2cc(NCCNC(C)=O)nc(-c3ccc(Cl)cc3)n2)n1. The number of benzene rings is 1. The summed E-state index contributed by atoms with van der Waals surface area (Å²) < 4.78 is 0. The van der Waals surface area contributed by atoms with Crippen molar-refractivity contribution in [2.24, 2.45) is 0 Å². The van der Waals surface area contributed by atoms with E-state index in [1.54, 1.807) is 18.2 Å². The van der Waals surface area contributed by atoms with Gasteiger partial charge in [0.1, 0.15) is 11.6 Å². The first-order chi connectivity index (χ1) is 16.9. The van der Waals surface area contributed by atoms with Crippen molar-refractivity contribution >= 4 is 58.4 Å². The number of hydrogen-bond donors (Lipinski definition) is 4. The van der Waals surface area contributed by atoms with Crippen molar-refractivity contribution in [3.63, 3.8) is 0 Å². The molecule has 0 aliphatic carbocycles. The molecule has 3 aromatic rings. The van der Waals surface area contributed by atoms with Gasteiger partial charge in [-0.15, -0.1) is 0 Å². The van der Waals surface area contributed by atoms with Gasteiger partial charge in [-0.1, -0.05) is 35.0 Å². The van der Waals surface area contributed by atoms with Gasteiger partial charge in [0.05, 0.1) is 11.2 Å². The average molecular weight is 535 g/mol. The van der Waals surface area contributed by atoms with Crippen LogP contribution in [0.15, 0.2) is 41.7 Å². The van der Waals surface area contributed by atoms with Crippen molar-refractivity contribution in [3.8, 4) is 11.4 Å². The van der Waals surface area contributed by atoms with Crippen molar-refractivity contribution in [2.75, 3.05) is 43.1 Å². The highest BCUT2D eigenvalue weighted by Gasteiger charge is 2.14. The van der Waals surface area contributed by atoms with Crippen LogP contribution in [0.4, 0.5) is 11.6 Å². The molecule has 2 amide bonds. The molecule has 0 unspecified atom stereocenters. The Morgan fingerprint density at radius 3 is 2.14 bits per heavy atom. The lowest BCUT2D eigenvalue weighted by Gasteiger charge is -2.12. The number of hydrogen-bond acceptors (Lipinski definition) is 9. The summed E-state index contributed by atoms with van der Waals surface area (Å²) in [5.74, 6) is 1.15. The molecule has 0 radical (unpaired) electrons. The van der Waals surface area contributed by atoms with E-state index in [9.17, 15) is 9.59 Å². The van der Waals surface area contributed by atoms with Crippen molar-refractivity contribution in [2.45, 2.75) is 12.1 Å². The third-order valence-corrected chi connectivity index (χ3v) is 5.56. The van der Waals surface area contributed by atoms with E-state index in [4.69, 9.17) is 23.2 Å². The highest BCUT2D eigenvalue weighted by atomic mass is 35.5. The molecule has 0 saturated carbocycles. The van der Waals surface area contributed by atoms with E-state index in [0.717, 1.165) is 5.56 Å². The summed E-state index contributed by atoms with van der Waals surface area (Å²) in [6.45, 7) is 3.11. The first kappa shape index (κ1) is 26.5. The van der Waals surface area contributed by atoms with E-state index < -0.39 is 0 Å². The molecule has 0 bridgehead atoms. The predicted octanol–water partition coefficient (Wildman–Crippen LogP) is 3.35. The molecular weight excluding hydrogens is 511 g/mol. The molecule has 2 aromatic heterocycles. The standard InChI is InChI=1S/C22H24Cl2N8O2S/c1-13(33)25-7-8-26-17-11-18(31-20(30-17)14-3-5-15(23)6-4-14)27-9-10-28-21(34)19-16(24)12-29-22(32-19)35-2/h3-6,11-12H,7-10H2,1-2H3,(H,25,33)(H,28,34)(H2,26,27,30,31). The Bertz CT molecular complexity index is 1180. The largest absolute Gasteiger partial charge is 0.368 e. The smallest absolute Gasteiger partial charge is 0.271 e. The first-order valence-electron chi connectivity index (χ1n) is 10.6. The predicted molar refractivity (Wildman–Crippen MR) is 139 cm³/mol. The first-order valence-corrected chi connectivity index (χ1v) is 12.6. The molecule has 0 spiro atoms.